The molecule has 7 heteroatoms. The third-order valence-corrected chi connectivity index (χ3v) is 4.93. The van der Waals surface area contributed by atoms with E-state index >= 15 is 0 Å². The van der Waals surface area contributed by atoms with E-state index in [1.54, 1.807) is 23.1 Å². The summed E-state index contributed by atoms with van der Waals surface area (Å²) in [6, 6.07) is 14.8. The monoisotopic (exact) mass is 382 g/mol. The summed E-state index contributed by atoms with van der Waals surface area (Å²) in [5, 5.41) is 3.03. The highest BCUT2D eigenvalue weighted by Crippen LogP contribution is 2.32. The van der Waals surface area contributed by atoms with Crippen LogP contribution < -0.4 is 14.8 Å². The van der Waals surface area contributed by atoms with Crippen LogP contribution in [-0.4, -0.2) is 42.8 Å². The van der Waals surface area contributed by atoms with Crippen molar-refractivity contribution < 1.29 is 23.8 Å². The Morgan fingerprint density at radius 3 is 2.57 bits per heavy atom. The van der Waals surface area contributed by atoms with Crippen LogP contribution in [-0.2, 0) is 11.3 Å². The molecule has 0 aromatic heterocycles. The van der Waals surface area contributed by atoms with Crippen LogP contribution in [0.25, 0.3) is 0 Å². The molecule has 2 amide bonds. The van der Waals surface area contributed by atoms with Gasteiger partial charge in [0.1, 0.15) is 6.61 Å². The minimum Gasteiger partial charge on any atom is -0.454 e. The van der Waals surface area contributed by atoms with Crippen molar-refractivity contribution in [3.8, 4) is 11.5 Å². The van der Waals surface area contributed by atoms with E-state index in [1.165, 1.54) is 0 Å². The van der Waals surface area contributed by atoms with Crippen LogP contribution in [0.2, 0.25) is 0 Å². The molecule has 1 saturated heterocycles. The van der Waals surface area contributed by atoms with Crippen LogP contribution in [0.15, 0.2) is 48.5 Å². The van der Waals surface area contributed by atoms with Crippen molar-refractivity contribution in [2.45, 2.75) is 25.5 Å². The first-order valence-electron chi connectivity index (χ1n) is 9.35. The van der Waals surface area contributed by atoms with Crippen molar-refractivity contribution in [2.75, 3.05) is 19.9 Å². The summed E-state index contributed by atoms with van der Waals surface area (Å²) in [5.74, 6) is 1.09. The van der Waals surface area contributed by atoms with E-state index in [1.807, 2.05) is 30.3 Å². The predicted octanol–water partition coefficient (Wildman–Crippen LogP) is 2.95. The molecule has 28 heavy (non-hydrogen) atoms. The molecule has 0 atom stereocenters. The molecule has 2 aromatic rings. The van der Waals surface area contributed by atoms with Gasteiger partial charge in [-0.15, -0.1) is 0 Å². The number of nitrogens with one attached hydrogen (secondary N) is 1. The van der Waals surface area contributed by atoms with Gasteiger partial charge in [-0.25, -0.2) is 4.79 Å². The second-order valence-corrected chi connectivity index (χ2v) is 6.84. The number of carbonyl (C=O) groups is 2. The summed E-state index contributed by atoms with van der Waals surface area (Å²) in [7, 11) is 0. The van der Waals surface area contributed by atoms with E-state index in [-0.39, 0.29) is 31.4 Å². The lowest BCUT2D eigenvalue weighted by atomic mass is 10.0. The number of ether oxygens (including phenoxy) is 3. The van der Waals surface area contributed by atoms with Gasteiger partial charge in [0.15, 0.2) is 11.5 Å². The molecule has 2 heterocycles. The Hall–Kier alpha value is -3.22. The van der Waals surface area contributed by atoms with Crippen molar-refractivity contribution in [1.29, 1.82) is 0 Å². The number of amides is 2. The van der Waals surface area contributed by atoms with Gasteiger partial charge in [-0.2, -0.15) is 0 Å². The van der Waals surface area contributed by atoms with Gasteiger partial charge in [-0.1, -0.05) is 30.3 Å². The van der Waals surface area contributed by atoms with E-state index in [0.29, 0.717) is 43.0 Å². The second kappa shape index (κ2) is 8.21. The van der Waals surface area contributed by atoms with Crippen molar-refractivity contribution >= 4 is 12.0 Å². The fourth-order valence-electron chi connectivity index (χ4n) is 3.32. The van der Waals surface area contributed by atoms with E-state index < -0.39 is 0 Å². The fraction of sp³-hybridized carbons (Fsp3) is 0.333. The number of benzene rings is 2. The quantitative estimate of drug-likeness (QED) is 0.880. The first-order valence-corrected chi connectivity index (χ1v) is 9.35. The number of nitrogens with zero attached hydrogens (tertiary/aromatic N) is 1. The lowest BCUT2D eigenvalue weighted by Crippen LogP contribution is -2.46. The van der Waals surface area contributed by atoms with Crippen LogP contribution >= 0.6 is 0 Å². The molecule has 1 fully saturated rings. The molecule has 1 N–H and O–H groups in total. The lowest BCUT2D eigenvalue weighted by molar-refractivity contribution is 0.0809. The van der Waals surface area contributed by atoms with E-state index in [2.05, 4.69) is 5.32 Å². The zero-order valence-corrected chi connectivity index (χ0v) is 15.4. The van der Waals surface area contributed by atoms with Crippen LogP contribution in [0, 0.1) is 0 Å². The third kappa shape index (κ3) is 4.19. The first kappa shape index (κ1) is 18.2. The molecule has 2 aliphatic rings. The normalized spacial score (nSPS) is 15.9. The number of hydrogen-bond donors (Lipinski definition) is 1. The Morgan fingerprint density at radius 2 is 1.79 bits per heavy atom. The SMILES string of the molecule is O=C(NC1CCN(C(=O)OCc2ccccc2)CC1)c1ccc2c(c1)OCO2. The maximum atomic E-state index is 12.5. The third-order valence-electron chi connectivity index (χ3n) is 4.93. The van der Waals surface area contributed by atoms with E-state index in [0.717, 1.165) is 5.56 Å². The number of piperidine rings is 1. The Kier molecular flexibility index (Phi) is 5.32. The van der Waals surface area contributed by atoms with E-state index in [9.17, 15) is 9.59 Å². The average Bonchev–Trinajstić information content (AvgIpc) is 3.21. The van der Waals surface area contributed by atoms with Crippen molar-refractivity contribution in [1.82, 2.24) is 10.2 Å². The molecule has 0 bridgehead atoms. The summed E-state index contributed by atoms with van der Waals surface area (Å²) in [6.07, 6.45) is 1.07. The molecule has 0 radical (unpaired) electrons. The van der Waals surface area contributed by atoms with Crippen molar-refractivity contribution in [3.05, 3.63) is 59.7 Å². The maximum absolute atomic E-state index is 12.5. The molecule has 0 saturated carbocycles. The summed E-state index contributed by atoms with van der Waals surface area (Å²) in [5.41, 5.74) is 1.50. The molecule has 0 unspecified atom stereocenters. The molecular formula is C21H22N2O5. The largest absolute Gasteiger partial charge is 0.454 e. The molecule has 4 rings (SSSR count). The summed E-state index contributed by atoms with van der Waals surface area (Å²) < 4.78 is 15.9. The minimum atomic E-state index is -0.315. The lowest BCUT2D eigenvalue weighted by Gasteiger charge is -2.31. The number of hydrogen-bond acceptors (Lipinski definition) is 5. The summed E-state index contributed by atoms with van der Waals surface area (Å²) in [6.45, 7) is 1.55. The molecule has 2 aromatic carbocycles. The highest BCUT2D eigenvalue weighted by atomic mass is 16.7. The number of fused-ring (bicyclic) bond motifs is 1. The molecule has 2 aliphatic heterocycles. The molecule has 0 spiro atoms. The van der Waals surface area contributed by atoms with E-state index in [4.69, 9.17) is 14.2 Å². The van der Waals surface area contributed by atoms with Gasteiger partial charge in [0.05, 0.1) is 0 Å². The second-order valence-electron chi connectivity index (χ2n) is 6.84. The average molecular weight is 382 g/mol. The van der Waals surface area contributed by atoms with Gasteiger partial charge in [0.2, 0.25) is 6.79 Å². The number of carbonyl (C=O) groups excluding carboxylic acids is 2. The Balaban J connectivity index is 1.23. The van der Waals surface area contributed by atoms with Crippen molar-refractivity contribution in [3.63, 3.8) is 0 Å². The van der Waals surface area contributed by atoms with Crippen LogP contribution in [0.1, 0.15) is 28.8 Å². The molecule has 146 valence electrons. The zero-order valence-electron chi connectivity index (χ0n) is 15.4. The van der Waals surface area contributed by atoms with Crippen LogP contribution in [0.5, 0.6) is 11.5 Å². The Labute approximate surface area is 163 Å². The van der Waals surface area contributed by atoms with Gasteiger partial charge >= 0.3 is 6.09 Å². The fourth-order valence-corrected chi connectivity index (χ4v) is 3.32. The van der Waals surface area contributed by atoms with Gasteiger partial charge in [0.25, 0.3) is 5.91 Å². The topological polar surface area (TPSA) is 77.1 Å². The van der Waals surface area contributed by atoms with Crippen LogP contribution in [0.3, 0.4) is 0 Å². The molecular weight excluding hydrogens is 360 g/mol. The highest BCUT2D eigenvalue weighted by molar-refractivity contribution is 5.95. The molecule has 0 aliphatic carbocycles. The Bertz CT molecular complexity index is 847. The minimum absolute atomic E-state index is 0.0242. The van der Waals surface area contributed by atoms with Crippen molar-refractivity contribution in [2.24, 2.45) is 0 Å². The standard InChI is InChI=1S/C21H22N2O5/c24-20(16-6-7-18-19(12-16)28-14-27-18)22-17-8-10-23(11-9-17)21(25)26-13-15-4-2-1-3-5-15/h1-7,12,17H,8-11,13-14H2,(H,22,24). The van der Waals surface area contributed by atoms with Gasteiger partial charge in [-0.3, -0.25) is 4.79 Å². The zero-order chi connectivity index (χ0) is 19.3. The number of likely N-dealkylation sites (tertiary alicyclic amines) is 1. The van der Waals surface area contributed by atoms with Gasteiger partial charge in [0, 0.05) is 24.7 Å². The Morgan fingerprint density at radius 1 is 1.04 bits per heavy atom. The van der Waals surface area contributed by atoms with Gasteiger partial charge < -0.3 is 24.4 Å². The predicted molar refractivity (Wildman–Crippen MR) is 101 cm³/mol. The smallest absolute Gasteiger partial charge is 0.410 e. The van der Waals surface area contributed by atoms with Crippen LogP contribution in [0.4, 0.5) is 4.79 Å². The molecule has 7 nitrogen and oxygen atoms in total. The maximum Gasteiger partial charge on any atom is 0.410 e. The number of rotatable bonds is 4. The van der Waals surface area contributed by atoms with Gasteiger partial charge in [-0.05, 0) is 36.6 Å². The first-order chi connectivity index (χ1) is 13.7. The summed E-state index contributed by atoms with van der Waals surface area (Å²) in [4.78, 5) is 26.4. The highest BCUT2D eigenvalue weighted by Gasteiger charge is 2.25. The summed E-state index contributed by atoms with van der Waals surface area (Å²) >= 11 is 0.